The van der Waals surface area contributed by atoms with Gasteiger partial charge in [-0.2, -0.15) is 0 Å². The van der Waals surface area contributed by atoms with Crippen LogP contribution in [-0.2, 0) is 19.9 Å². The second-order valence-corrected chi connectivity index (χ2v) is 9.02. The smallest absolute Gasteiger partial charge is 0.209 e. The summed E-state index contributed by atoms with van der Waals surface area (Å²) in [4.78, 5) is 1.12. The second-order valence-electron chi connectivity index (χ2n) is 4.01. The lowest BCUT2D eigenvalue weighted by molar-refractivity contribution is 0.594. The zero-order valence-corrected chi connectivity index (χ0v) is 13.0. The van der Waals surface area contributed by atoms with Gasteiger partial charge in [-0.3, -0.25) is 0 Å². The van der Waals surface area contributed by atoms with Gasteiger partial charge in [0.25, 0.3) is 0 Å². The van der Waals surface area contributed by atoms with Gasteiger partial charge in [0.1, 0.15) is 0 Å². The summed E-state index contributed by atoms with van der Waals surface area (Å²) in [5, 5.41) is 4.89. The summed E-state index contributed by atoms with van der Waals surface area (Å²) < 4.78 is 45.1. The molecule has 0 unspecified atom stereocenters. The first kappa shape index (κ1) is 16.5. The quantitative estimate of drug-likeness (QED) is 0.762. The van der Waals surface area contributed by atoms with Crippen LogP contribution in [0.15, 0.2) is 34.1 Å². The summed E-state index contributed by atoms with van der Waals surface area (Å²) in [5.74, 6) is 0.373. The molecule has 1 aromatic carbocycles. The van der Waals surface area contributed by atoms with Crippen molar-refractivity contribution in [3.8, 4) is 0 Å². The fourth-order valence-electron chi connectivity index (χ4n) is 1.41. The molecule has 0 amide bonds. The third-order valence-electron chi connectivity index (χ3n) is 2.29. The first-order chi connectivity index (χ1) is 8.74. The first-order valence-electron chi connectivity index (χ1n) is 5.71. The molecule has 0 aliphatic rings. The number of rotatable bonds is 7. The molecule has 8 heteroatoms. The van der Waals surface area contributed by atoms with Crippen LogP contribution in [0.25, 0.3) is 0 Å². The molecule has 0 spiro atoms. The average molecular weight is 323 g/mol. The molecule has 0 saturated heterocycles. The number of sulfone groups is 1. The van der Waals surface area contributed by atoms with Crippen molar-refractivity contribution in [3.63, 3.8) is 0 Å². The molecule has 0 saturated carbocycles. The Labute approximate surface area is 118 Å². The molecule has 108 valence electrons. The number of sulfonamides is 1. The van der Waals surface area contributed by atoms with Crippen molar-refractivity contribution in [2.75, 3.05) is 17.3 Å². The molecule has 0 bridgehead atoms. The fraction of sp³-hybridized carbons (Fsp3) is 0.455. The van der Waals surface area contributed by atoms with E-state index in [4.69, 9.17) is 5.14 Å². The van der Waals surface area contributed by atoms with Crippen LogP contribution >= 0.6 is 11.8 Å². The number of hydrogen-bond acceptors (Lipinski definition) is 5. The number of thioether (sulfide) groups is 1. The van der Waals surface area contributed by atoms with Gasteiger partial charge in [0.15, 0.2) is 9.84 Å². The van der Waals surface area contributed by atoms with Crippen molar-refractivity contribution in [2.24, 2.45) is 5.14 Å². The van der Waals surface area contributed by atoms with Crippen LogP contribution < -0.4 is 5.14 Å². The molecule has 19 heavy (non-hydrogen) atoms. The molecule has 2 N–H and O–H groups in total. The molecule has 0 radical (unpaired) electrons. The third kappa shape index (κ3) is 5.94. The van der Waals surface area contributed by atoms with Gasteiger partial charge in [0.2, 0.25) is 10.0 Å². The molecule has 1 aromatic rings. The predicted octanol–water partition coefficient (Wildman–Crippen LogP) is 1.25. The van der Waals surface area contributed by atoms with E-state index < -0.39 is 19.9 Å². The van der Waals surface area contributed by atoms with E-state index in [1.807, 2.05) is 6.92 Å². The Balaban J connectivity index is 2.67. The highest BCUT2D eigenvalue weighted by atomic mass is 32.2. The van der Waals surface area contributed by atoms with Crippen LogP contribution in [0, 0.1) is 0 Å². The van der Waals surface area contributed by atoms with E-state index in [9.17, 15) is 16.8 Å². The molecular formula is C11H17NO4S3. The molecule has 1 rings (SSSR count). The SMILES string of the molecule is CCCS(=O)(=O)c1ccc(SCCS(N)(=O)=O)cc1. The summed E-state index contributed by atoms with van der Waals surface area (Å²) in [6.07, 6.45) is 0.577. The Morgan fingerprint density at radius 1 is 1.05 bits per heavy atom. The van der Waals surface area contributed by atoms with Crippen LogP contribution in [-0.4, -0.2) is 34.1 Å². The highest BCUT2D eigenvalue weighted by Gasteiger charge is 2.12. The Bertz CT molecular complexity index is 606. The fourth-order valence-corrected chi connectivity index (χ4v) is 4.56. The summed E-state index contributed by atoms with van der Waals surface area (Å²) >= 11 is 1.33. The molecule has 0 aliphatic carbocycles. The van der Waals surface area contributed by atoms with Gasteiger partial charge >= 0.3 is 0 Å². The Morgan fingerprint density at radius 2 is 1.63 bits per heavy atom. The topological polar surface area (TPSA) is 94.3 Å². The molecule has 0 heterocycles. The Hall–Kier alpha value is -0.570. The Kier molecular flexibility index (Phi) is 5.84. The number of hydrogen-bond donors (Lipinski definition) is 1. The van der Waals surface area contributed by atoms with E-state index >= 15 is 0 Å². The summed E-state index contributed by atoms with van der Waals surface area (Å²) in [6, 6.07) is 6.45. The highest BCUT2D eigenvalue weighted by Crippen LogP contribution is 2.21. The minimum Gasteiger partial charge on any atom is -0.229 e. The van der Waals surface area contributed by atoms with Gasteiger partial charge in [-0.15, -0.1) is 11.8 Å². The molecular weight excluding hydrogens is 306 g/mol. The zero-order valence-electron chi connectivity index (χ0n) is 10.6. The second kappa shape index (κ2) is 6.74. The lowest BCUT2D eigenvalue weighted by Gasteiger charge is -2.04. The molecule has 0 atom stereocenters. The van der Waals surface area contributed by atoms with Crippen LogP contribution in [0.5, 0.6) is 0 Å². The average Bonchev–Trinajstić information content (AvgIpc) is 2.28. The maximum Gasteiger partial charge on any atom is 0.209 e. The van der Waals surface area contributed by atoms with Crippen molar-refractivity contribution in [2.45, 2.75) is 23.1 Å². The van der Waals surface area contributed by atoms with Gasteiger partial charge in [-0.1, -0.05) is 6.92 Å². The zero-order chi connectivity index (χ0) is 14.5. The largest absolute Gasteiger partial charge is 0.229 e. The molecule has 5 nitrogen and oxygen atoms in total. The van der Waals surface area contributed by atoms with Crippen molar-refractivity contribution >= 4 is 31.6 Å². The highest BCUT2D eigenvalue weighted by molar-refractivity contribution is 8.00. The minimum absolute atomic E-state index is 0.104. The lowest BCUT2D eigenvalue weighted by Crippen LogP contribution is -2.17. The van der Waals surface area contributed by atoms with E-state index in [-0.39, 0.29) is 11.5 Å². The van der Waals surface area contributed by atoms with Crippen molar-refractivity contribution in [1.82, 2.24) is 0 Å². The van der Waals surface area contributed by atoms with Crippen molar-refractivity contribution < 1.29 is 16.8 Å². The van der Waals surface area contributed by atoms with E-state index in [0.717, 1.165) is 4.90 Å². The normalized spacial score (nSPS) is 12.5. The maximum absolute atomic E-state index is 11.8. The lowest BCUT2D eigenvalue weighted by atomic mass is 10.4. The van der Waals surface area contributed by atoms with Crippen LogP contribution in [0.2, 0.25) is 0 Å². The Morgan fingerprint density at radius 3 is 2.11 bits per heavy atom. The summed E-state index contributed by atoms with van der Waals surface area (Å²) in [5.41, 5.74) is 0. The van der Waals surface area contributed by atoms with E-state index in [1.54, 1.807) is 24.3 Å². The van der Waals surface area contributed by atoms with Gasteiger partial charge in [0, 0.05) is 10.6 Å². The molecule has 0 aliphatic heterocycles. The molecule has 0 fully saturated rings. The molecule has 0 aromatic heterocycles. The van der Waals surface area contributed by atoms with Crippen molar-refractivity contribution in [3.05, 3.63) is 24.3 Å². The number of nitrogens with two attached hydrogens (primary N) is 1. The first-order valence-corrected chi connectivity index (χ1v) is 10.1. The van der Waals surface area contributed by atoms with Crippen molar-refractivity contribution in [1.29, 1.82) is 0 Å². The minimum atomic E-state index is -3.45. The number of primary sulfonamides is 1. The summed E-state index contributed by atoms with van der Waals surface area (Å²) in [7, 11) is -6.65. The van der Waals surface area contributed by atoms with Crippen LogP contribution in [0.1, 0.15) is 13.3 Å². The predicted molar refractivity (Wildman–Crippen MR) is 77.5 cm³/mol. The maximum atomic E-state index is 11.8. The monoisotopic (exact) mass is 323 g/mol. The van der Waals surface area contributed by atoms with Gasteiger partial charge in [0.05, 0.1) is 16.4 Å². The van der Waals surface area contributed by atoms with E-state index in [0.29, 0.717) is 17.1 Å². The van der Waals surface area contributed by atoms with E-state index in [2.05, 4.69) is 0 Å². The standard InChI is InChI=1S/C11H17NO4S3/c1-2-8-18(13,14)11-5-3-10(4-6-11)17-7-9-19(12,15)16/h3-6H,2,7-9H2,1H3,(H2,12,15,16). The van der Waals surface area contributed by atoms with Gasteiger partial charge in [-0.25, -0.2) is 22.0 Å². The van der Waals surface area contributed by atoms with Crippen LogP contribution in [0.3, 0.4) is 0 Å². The van der Waals surface area contributed by atoms with Gasteiger partial charge in [-0.05, 0) is 30.7 Å². The van der Waals surface area contributed by atoms with Gasteiger partial charge < -0.3 is 0 Å². The third-order valence-corrected chi connectivity index (χ3v) is 6.27. The summed E-state index contributed by atoms with van der Waals surface area (Å²) in [6.45, 7) is 1.81. The van der Waals surface area contributed by atoms with Crippen LogP contribution in [0.4, 0.5) is 0 Å². The number of benzene rings is 1. The van der Waals surface area contributed by atoms with E-state index in [1.165, 1.54) is 11.8 Å².